The van der Waals surface area contributed by atoms with Crippen molar-refractivity contribution < 1.29 is 41.7 Å². The molecule has 1 aromatic heterocycles. The van der Waals surface area contributed by atoms with Crippen LogP contribution in [0.3, 0.4) is 0 Å². The summed E-state index contributed by atoms with van der Waals surface area (Å²) in [7, 11) is 2.54. The lowest BCUT2D eigenvalue weighted by Gasteiger charge is -2.26. The van der Waals surface area contributed by atoms with Gasteiger partial charge in [-0.2, -0.15) is 13.2 Å². The number of aromatic nitrogens is 2. The number of morpholine rings is 1. The van der Waals surface area contributed by atoms with E-state index in [1.807, 2.05) is 0 Å². The Bertz CT molecular complexity index is 1100. The van der Waals surface area contributed by atoms with Crippen molar-refractivity contribution in [3.05, 3.63) is 51.8 Å². The lowest BCUT2D eigenvalue weighted by Crippen LogP contribution is -2.42. The van der Waals surface area contributed by atoms with Crippen LogP contribution in [-0.4, -0.2) is 67.1 Å². The molecule has 0 aliphatic carbocycles. The van der Waals surface area contributed by atoms with Crippen molar-refractivity contribution in [2.45, 2.75) is 19.3 Å². The molecule has 0 N–H and O–H groups in total. The fourth-order valence-electron chi connectivity index (χ4n) is 3.41. The number of halogens is 4. The van der Waals surface area contributed by atoms with Crippen molar-refractivity contribution in [2.75, 3.05) is 40.5 Å². The monoisotopic (exact) mass is 561 g/mol. The number of rotatable bonds is 8. The van der Waals surface area contributed by atoms with E-state index in [0.717, 1.165) is 4.68 Å². The lowest BCUT2D eigenvalue weighted by atomic mass is 10.0. The van der Waals surface area contributed by atoms with Crippen LogP contribution in [-0.2, 0) is 43.1 Å². The maximum atomic E-state index is 13.8. The predicted octanol–water partition coefficient (Wildman–Crippen LogP) is 3.26. The van der Waals surface area contributed by atoms with Crippen LogP contribution in [0.5, 0.6) is 5.88 Å². The number of benzene rings is 1. The molecule has 0 saturated carbocycles. The number of methoxy groups -OCH3 is 2. The van der Waals surface area contributed by atoms with Crippen LogP contribution >= 0.6 is 15.9 Å². The number of esters is 1. The van der Waals surface area contributed by atoms with E-state index >= 15 is 0 Å². The average molecular weight is 562 g/mol. The third-order valence-corrected chi connectivity index (χ3v) is 5.91. The van der Waals surface area contributed by atoms with Crippen LogP contribution in [0.15, 0.2) is 35.1 Å². The van der Waals surface area contributed by atoms with Crippen molar-refractivity contribution in [3.8, 4) is 5.88 Å². The summed E-state index contributed by atoms with van der Waals surface area (Å²) in [5, 5.41) is 3.91. The quantitative estimate of drug-likeness (QED) is 0.277. The number of carbonyl (C=O) groups excluding carboxylic acids is 2. The number of amides is 1. The van der Waals surface area contributed by atoms with Gasteiger partial charge in [-0.1, -0.05) is 24.3 Å². The second-order valence-corrected chi connectivity index (χ2v) is 8.08. The van der Waals surface area contributed by atoms with Gasteiger partial charge in [-0.25, -0.2) is 9.48 Å². The minimum Gasteiger partial charge on any atom is -0.503 e. The Labute approximate surface area is 207 Å². The van der Waals surface area contributed by atoms with Crippen molar-refractivity contribution >= 4 is 33.4 Å². The van der Waals surface area contributed by atoms with Gasteiger partial charge in [-0.15, -0.1) is 5.10 Å². The summed E-state index contributed by atoms with van der Waals surface area (Å²) < 4.78 is 62.4. The van der Waals surface area contributed by atoms with Gasteiger partial charge in [0.1, 0.15) is 23.3 Å². The molecule has 2 heterocycles. The summed E-state index contributed by atoms with van der Waals surface area (Å²) in [4.78, 5) is 26.2. The van der Waals surface area contributed by atoms with Crippen LogP contribution in [0, 0.1) is 0 Å². The molecule has 190 valence electrons. The second-order valence-electron chi connectivity index (χ2n) is 7.32. The summed E-state index contributed by atoms with van der Waals surface area (Å²) in [5.41, 5.74) is -0.335. The Morgan fingerprint density at radius 1 is 1.20 bits per heavy atom. The first kappa shape index (κ1) is 26.5. The smallest absolute Gasteiger partial charge is 0.424 e. The number of carbonyl (C=O) groups is 2. The molecule has 1 saturated heterocycles. The molecule has 0 atom stereocenters. The Hall–Kier alpha value is -3.06. The zero-order chi connectivity index (χ0) is 25.6. The predicted molar refractivity (Wildman–Crippen MR) is 120 cm³/mol. The van der Waals surface area contributed by atoms with Gasteiger partial charge in [0, 0.05) is 13.1 Å². The molecule has 1 fully saturated rings. The molecule has 0 unspecified atom stereocenters. The maximum absolute atomic E-state index is 13.8. The zero-order valence-corrected chi connectivity index (χ0v) is 20.5. The van der Waals surface area contributed by atoms with E-state index in [9.17, 15) is 22.8 Å². The Morgan fingerprint density at radius 2 is 1.89 bits per heavy atom. The van der Waals surface area contributed by atoms with Crippen LogP contribution in [0.2, 0.25) is 0 Å². The first-order chi connectivity index (χ1) is 16.7. The topological polar surface area (TPSA) is 92.1 Å². The average Bonchev–Trinajstić information content (AvgIpc) is 3.16. The van der Waals surface area contributed by atoms with E-state index in [1.54, 1.807) is 24.3 Å². The van der Waals surface area contributed by atoms with Gasteiger partial charge >= 0.3 is 12.1 Å². The molecular formula is C22H23BrF3N3O6. The van der Waals surface area contributed by atoms with Gasteiger partial charge in [-0.3, -0.25) is 4.79 Å². The van der Waals surface area contributed by atoms with Crippen LogP contribution in [0.1, 0.15) is 16.7 Å². The van der Waals surface area contributed by atoms with E-state index < -0.39 is 40.6 Å². The van der Waals surface area contributed by atoms with Crippen molar-refractivity contribution in [3.63, 3.8) is 0 Å². The summed E-state index contributed by atoms with van der Waals surface area (Å²) in [6.45, 7) is 0.658. The highest BCUT2D eigenvalue weighted by atomic mass is 79.9. The van der Waals surface area contributed by atoms with Crippen LogP contribution in [0.25, 0.3) is 5.57 Å². The molecular weight excluding hydrogens is 539 g/mol. The highest BCUT2D eigenvalue weighted by Gasteiger charge is 2.41. The third kappa shape index (κ3) is 6.34. The minimum atomic E-state index is -4.80. The zero-order valence-electron chi connectivity index (χ0n) is 18.9. The molecule has 1 amide bonds. The molecule has 1 aromatic carbocycles. The molecule has 35 heavy (non-hydrogen) atoms. The molecule has 13 heteroatoms. The Morgan fingerprint density at radius 3 is 2.51 bits per heavy atom. The normalized spacial score (nSPS) is 14.6. The van der Waals surface area contributed by atoms with Crippen molar-refractivity contribution in [1.82, 2.24) is 14.7 Å². The van der Waals surface area contributed by atoms with E-state index in [2.05, 4.69) is 21.0 Å². The highest BCUT2D eigenvalue weighted by Crippen LogP contribution is 2.41. The largest absolute Gasteiger partial charge is 0.503 e. The third-order valence-electron chi connectivity index (χ3n) is 5.10. The number of ether oxygens (including phenoxy) is 4. The summed E-state index contributed by atoms with van der Waals surface area (Å²) >= 11 is 2.92. The summed E-state index contributed by atoms with van der Waals surface area (Å²) in [5.74, 6) is -1.79. The molecule has 2 aromatic rings. The number of hydrogen-bond donors (Lipinski definition) is 0. The van der Waals surface area contributed by atoms with E-state index in [-0.39, 0.29) is 12.2 Å². The van der Waals surface area contributed by atoms with Crippen LogP contribution in [0.4, 0.5) is 13.2 Å². The van der Waals surface area contributed by atoms with Gasteiger partial charge in [0.2, 0.25) is 11.8 Å². The molecule has 3 rings (SSSR count). The van der Waals surface area contributed by atoms with Gasteiger partial charge in [0.15, 0.2) is 5.56 Å². The first-order valence-corrected chi connectivity index (χ1v) is 11.2. The standard InChI is InChI=1S/C22H23BrF3N3O6/c1-32-13-16(21(31)33-2)15-6-4-3-5-14(15)12-35-20-18(22(24,25)26)19(23)29(27-20)11-17(30)28-7-9-34-10-8-28/h3-6,13H,7-12H2,1-2H3/b16-13+. The molecule has 1 aliphatic heterocycles. The summed E-state index contributed by atoms with van der Waals surface area (Å²) in [6.07, 6.45) is -3.63. The van der Waals surface area contributed by atoms with E-state index in [1.165, 1.54) is 25.4 Å². The van der Waals surface area contributed by atoms with Gasteiger partial charge in [0.05, 0.1) is 33.7 Å². The fraction of sp³-hybridized carbons (Fsp3) is 0.409. The first-order valence-electron chi connectivity index (χ1n) is 10.4. The molecule has 9 nitrogen and oxygen atoms in total. The molecule has 0 radical (unpaired) electrons. The molecule has 0 bridgehead atoms. The van der Waals surface area contributed by atoms with Crippen molar-refractivity contribution in [2.24, 2.45) is 0 Å². The number of hydrogen-bond acceptors (Lipinski definition) is 7. The van der Waals surface area contributed by atoms with Crippen molar-refractivity contribution in [1.29, 1.82) is 0 Å². The van der Waals surface area contributed by atoms with Crippen LogP contribution < -0.4 is 4.74 Å². The molecule has 1 aliphatic rings. The van der Waals surface area contributed by atoms with Gasteiger partial charge in [0.25, 0.3) is 0 Å². The highest BCUT2D eigenvalue weighted by molar-refractivity contribution is 9.10. The summed E-state index contributed by atoms with van der Waals surface area (Å²) in [6, 6.07) is 6.46. The van der Waals surface area contributed by atoms with Gasteiger partial charge < -0.3 is 23.8 Å². The maximum Gasteiger partial charge on any atom is 0.424 e. The second kappa shape index (κ2) is 11.6. The van der Waals surface area contributed by atoms with Gasteiger partial charge in [-0.05, 0) is 27.1 Å². The number of alkyl halides is 3. The Kier molecular flexibility index (Phi) is 8.78. The molecule has 0 spiro atoms. The Balaban J connectivity index is 1.88. The minimum absolute atomic E-state index is 0.0630. The van der Waals surface area contributed by atoms with E-state index in [0.29, 0.717) is 37.4 Å². The number of nitrogens with zero attached hydrogens (tertiary/aromatic N) is 3. The lowest BCUT2D eigenvalue weighted by molar-refractivity contribution is -0.140. The fourth-order valence-corrected chi connectivity index (χ4v) is 4.01. The van der Waals surface area contributed by atoms with E-state index in [4.69, 9.17) is 18.9 Å². The SMILES string of the molecule is CO/C=C(/C(=O)OC)c1ccccc1COc1nn(CC(=O)N2CCOCC2)c(Br)c1C(F)(F)F.